The fourth-order valence-electron chi connectivity index (χ4n) is 1.40. The van der Waals surface area contributed by atoms with Crippen LogP contribution >= 0.6 is 23.1 Å². The minimum atomic E-state index is -3.43. The molecule has 0 bridgehead atoms. The summed E-state index contributed by atoms with van der Waals surface area (Å²) in [7, 11) is -0.404. The Hall–Kier alpha value is -1.02. The molecule has 0 radical (unpaired) electrons. The van der Waals surface area contributed by atoms with Crippen LogP contribution in [0.2, 0.25) is 0 Å². The van der Waals surface area contributed by atoms with Gasteiger partial charge in [0.25, 0.3) is 0 Å². The maximum atomic E-state index is 12.1. The number of anilines is 1. The van der Waals surface area contributed by atoms with Crippen LogP contribution in [-0.2, 0) is 10.0 Å². The van der Waals surface area contributed by atoms with E-state index in [1.165, 1.54) is 36.2 Å². The molecule has 0 atom stereocenters. The molecule has 2 N–H and O–H groups in total. The number of hydrogen-bond donors (Lipinski definition) is 1. The first-order valence-electron chi connectivity index (χ1n) is 5.44. The molecule has 0 aliphatic heterocycles. The molecule has 1 heterocycles. The van der Waals surface area contributed by atoms with Crippen molar-refractivity contribution in [2.75, 3.05) is 19.8 Å². The molecule has 0 saturated carbocycles. The Morgan fingerprint density at radius 2 is 2.00 bits per heavy atom. The molecule has 0 spiro atoms. The summed E-state index contributed by atoms with van der Waals surface area (Å²) in [5.74, 6) is 0. The van der Waals surface area contributed by atoms with Gasteiger partial charge in [0, 0.05) is 24.7 Å². The topological polar surface area (TPSA) is 63.4 Å². The van der Waals surface area contributed by atoms with Crippen LogP contribution in [0.4, 0.5) is 5.69 Å². The van der Waals surface area contributed by atoms with Crippen LogP contribution in [0, 0.1) is 0 Å². The maximum Gasteiger partial charge on any atom is 0.242 e. The predicted octanol–water partition coefficient (Wildman–Crippen LogP) is 2.73. The van der Waals surface area contributed by atoms with Gasteiger partial charge in [-0.3, -0.25) is 0 Å². The molecule has 1 aromatic carbocycles. The van der Waals surface area contributed by atoms with Crippen molar-refractivity contribution in [3.05, 3.63) is 35.7 Å². The Morgan fingerprint density at radius 3 is 2.58 bits per heavy atom. The Morgan fingerprint density at radius 1 is 1.26 bits per heavy atom. The van der Waals surface area contributed by atoms with Crippen LogP contribution in [-0.4, -0.2) is 26.8 Å². The van der Waals surface area contributed by atoms with E-state index in [0.29, 0.717) is 5.69 Å². The number of nitrogen functional groups attached to an aromatic ring is 1. The lowest BCUT2D eigenvalue weighted by Crippen LogP contribution is -2.22. The lowest BCUT2D eigenvalue weighted by Gasteiger charge is -2.13. The summed E-state index contributed by atoms with van der Waals surface area (Å²) in [6, 6.07) is 8.70. The van der Waals surface area contributed by atoms with E-state index < -0.39 is 10.0 Å². The zero-order valence-electron chi connectivity index (χ0n) is 10.5. The van der Waals surface area contributed by atoms with E-state index in [0.717, 1.165) is 9.10 Å². The van der Waals surface area contributed by atoms with E-state index in [1.807, 2.05) is 17.5 Å². The number of sulfonamides is 1. The average molecular weight is 314 g/mol. The summed E-state index contributed by atoms with van der Waals surface area (Å²) in [6.07, 6.45) is 0. The number of thiophene rings is 1. The van der Waals surface area contributed by atoms with Gasteiger partial charge in [-0.25, -0.2) is 12.7 Å². The quantitative estimate of drug-likeness (QED) is 0.881. The van der Waals surface area contributed by atoms with Crippen molar-refractivity contribution in [3.63, 3.8) is 0 Å². The first-order valence-corrected chi connectivity index (χ1v) is 8.58. The van der Waals surface area contributed by atoms with Gasteiger partial charge in [-0.05, 0) is 29.6 Å². The second kappa shape index (κ2) is 5.54. The van der Waals surface area contributed by atoms with Crippen molar-refractivity contribution in [1.29, 1.82) is 0 Å². The van der Waals surface area contributed by atoms with Crippen molar-refractivity contribution in [2.45, 2.75) is 14.0 Å². The van der Waals surface area contributed by atoms with Gasteiger partial charge in [-0.1, -0.05) is 17.8 Å². The lowest BCUT2D eigenvalue weighted by atomic mass is 10.3. The number of hydrogen-bond acceptors (Lipinski definition) is 5. The summed E-state index contributed by atoms with van der Waals surface area (Å²) in [5, 5.41) is 1.97. The summed E-state index contributed by atoms with van der Waals surface area (Å²) in [5.41, 5.74) is 6.48. The second-order valence-corrected chi connectivity index (χ2v) is 8.46. The van der Waals surface area contributed by atoms with Crippen LogP contribution in [0.1, 0.15) is 0 Å². The van der Waals surface area contributed by atoms with Gasteiger partial charge in [0.15, 0.2) is 0 Å². The molecule has 102 valence electrons. The third-order valence-electron chi connectivity index (χ3n) is 2.47. The maximum absolute atomic E-state index is 12.1. The molecule has 0 amide bonds. The molecule has 2 aromatic rings. The summed E-state index contributed by atoms with van der Waals surface area (Å²) >= 11 is 3.07. The first-order chi connectivity index (χ1) is 8.91. The second-order valence-electron chi connectivity index (χ2n) is 4.02. The highest BCUT2D eigenvalue weighted by Crippen LogP contribution is 2.36. The molecular formula is C12H14N2O2S3. The van der Waals surface area contributed by atoms with Gasteiger partial charge in [0.1, 0.15) is 0 Å². The Labute approximate surface area is 121 Å². The van der Waals surface area contributed by atoms with Gasteiger partial charge in [0.2, 0.25) is 10.0 Å². The molecular weight excluding hydrogens is 300 g/mol. The third kappa shape index (κ3) is 3.11. The average Bonchev–Trinajstić information content (AvgIpc) is 2.84. The van der Waals surface area contributed by atoms with E-state index in [-0.39, 0.29) is 4.90 Å². The van der Waals surface area contributed by atoms with Gasteiger partial charge < -0.3 is 5.73 Å². The largest absolute Gasteiger partial charge is 0.398 e. The number of benzene rings is 1. The van der Waals surface area contributed by atoms with Crippen LogP contribution < -0.4 is 5.73 Å². The molecule has 1 aromatic heterocycles. The Kier molecular flexibility index (Phi) is 4.19. The van der Waals surface area contributed by atoms with Crippen LogP contribution in [0.25, 0.3) is 0 Å². The molecule has 0 fully saturated rings. The summed E-state index contributed by atoms with van der Waals surface area (Å²) in [6.45, 7) is 0. The summed E-state index contributed by atoms with van der Waals surface area (Å²) in [4.78, 5) is 1.01. The van der Waals surface area contributed by atoms with Crippen molar-refractivity contribution < 1.29 is 8.42 Å². The molecule has 0 aliphatic carbocycles. The Balaban J connectivity index is 2.40. The zero-order chi connectivity index (χ0) is 14.0. The molecule has 0 unspecified atom stereocenters. The van der Waals surface area contributed by atoms with Gasteiger partial charge >= 0.3 is 0 Å². The van der Waals surface area contributed by atoms with Gasteiger partial charge in [-0.2, -0.15) is 0 Å². The van der Waals surface area contributed by atoms with Crippen LogP contribution in [0.5, 0.6) is 0 Å². The first kappa shape index (κ1) is 14.4. The lowest BCUT2D eigenvalue weighted by molar-refractivity contribution is 0.520. The van der Waals surface area contributed by atoms with Crippen LogP contribution in [0.15, 0.2) is 49.7 Å². The highest BCUT2D eigenvalue weighted by Gasteiger charge is 2.18. The minimum absolute atomic E-state index is 0.255. The highest BCUT2D eigenvalue weighted by atomic mass is 32.2. The fourth-order valence-corrected chi connectivity index (χ4v) is 4.22. The number of nitrogens with zero attached hydrogens (tertiary/aromatic N) is 1. The van der Waals surface area contributed by atoms with E-state index >= 15 is 0 Å². The fraction of sp³-hybridized carbons (Fsp3) is 0.167. The minimum Gasteiger partial charge on any atom is -0.398 e. The molecule has 19 heavy (non-hydrogen) atoms. The van der Waals surface area contributed by atoms with Gasteiger partial charge in [-0.15, -0.1) is 11.3 Å². The van der Waals surface area contributed by atoms with Crippen molar-refractivity contribution >= 4 is 38.8 Å². The predicted molar refractivity (Wildman–Crippen MR) is 80.2 cm³/mol. The smallest absolute Gasteiger partial charge is 0.242 e. The molecule has 0 aliphatic rings. The molecule has 0 saturated heterocycles. The van der Waals surface area contributed by atoms with Crippen molar-refractivity contribution in [3.8, 4) is 0 Å². The van der Waals surface area contributed by atoms with Crippen molar-refractivity contribution in [2.24, 2.45) is 0 Å². The monoisotopic (exact) mass is 314 g/mol. The Bertz CT molecular complexity index is 664. The number of rotatable bonds is 4. The van der Waals surface area contributed by atoms with Crippen LogP contribution in [0.3, 0.4) is 0 Å². The SMILES string of the molecule is CN(C)S(=O)(=O)c1ccc(N)c(Sc2cccs2)c1. The molecule has 7 heteroatoms. The number of nitrogens with two attached hydrogens (primary N) is 1. The zero-order valence-corrected chi connectivity index (χ0v) is 13.0. The molecule has 4 nitrogen and oxygen atoms in total. The van der Waals surface area contributed by atoms with Gasteiger partial charge in [0.05, 0.1) is 9.10 Å². The third-order valence-corrected chi connectivity index (χ3v) is 6.39. The highest BCUT2D eigenvalue weighted by molar-refractivity contribution is 8.01. The van der Waals surface area contributed by atoms with E-state index in [2.05, 4.69) is 0 Å². The molecule has 2 rings (SSSR count). The standard InChI is InChI=1S/C12H14N2O2S3/c1-14(2)19(15,16)9-5-6-10(13)11(8-9)18-12-4-3-7-17-12/h3-8H,13H2,1-2H3. The normalized spacial score (nSPS) is 11.9. The van der Waals surface area contributed by atoms with E-state index in [4.69, 9.17) is 5.73 Å². The van der Waals surface area contributed by atoms with E-state index in [9.17, 15) is 8.42 Å². The summed E-state index contributed by atoms with van der Waals surface area (Å²) < 4.78 is 26.4. The van der Waals surface area contributed by atoms with Crippen molar-refractivity contribution in [1.82, 2.24) is 4.31 Å². The van der Waals surface area contributed by atoms with E-state index in [1.54, 1.807) is 23.5 Å².